The van der Waals surface area contributed by atoms with Crippen LogP contribution in [0.2, 0.25) is 0 Å². The lowest BCUT2D eigenvalue weighted by Gasteiger charge is -2.07. The number of fused-ring (bicyclic) bond motifs is 2. The summed E-state index contributed by atoms with van der Waals surface area (Å²) < 4.78 is 10.2. The molecule has 4 aromatic rings. The maximum Gasteiger partial charge on any atom is 0.337 e. The van der Waals surface area contributed by atoms with Gasteiger partial charge in [0.1, 0.15) is 17.1 Å². The molecule has 0 fully saturated rings. The van der Waals surface area contributed by atoms with Gasteiger partial charge >= 0.3 is 5.97 Å². The Labute approximate surface area is 167 Å². The van der Waals surface area contributed by atoms with E-state index in [4.69, 9.17) is 9.47 Å². The number of hydrogen-bond acceptors (Lipinski definition) is 5. The van der Waals surface area contributed by atoms with Crippen molar-refractivity contribution in [1.82, 2.24) is 15.0 Å². The van der Waals surface area contributed by atoms with E-state index >= 15 is 0 Å². The molecule has 0 aliphatic rings. The van der Waals surface area contributed by atoms with Gasteiger partial charge in [0.25, 0.3) is 0 Å². The largest absolute Gasteiger partial charge is 0.494 e. The van der Waals surface area contributed by atoms with Gasteiger partial charge in [0, 0.05) is 17.1 Å². The van der Waals surface area contributed by atoms with Crippen LogP contribution in [-0.2, 0) is 4.74 Å². The van der Waals surface area contributed by atoms with Gasteiger partial charge in [0.2, 0.25) is 0 Å². The molecule has 2 aromatic carbocycles. The van der Waals surface area contributed by atoms with Crippen molar-refractivity contribution in [1.29, 1.82) is 0 Å². The molecule has 140 valence electrons. The van der Waals surface area contributed by atoms with Gasteiger partial charge < -0.3 is 14.5 Å². The van der Waals surface area contributed by atoms with Crippen LogP contribution in [0.5, 0.6) is 5.75 Å². The van der Waals surface area contributed by atoms with Crippen LogP contribution in [0.25, 0.3) is 33.3 Å². The third-order valence-corrected chi connectivity index (χ3v) is 4.11. The van der Waals surface area contributed by atoms with Gasteiger partial charge in [-0.3, -0.25) is 4.98 Å². The number of rotatable bonds is 3. The number of hydrogen-bond donors (Lipinski definition) is 1. The van der Waals surface area contributed by atoms with E-state index < -0.39 is 0 Å². The van der Waals surface area contributed by atoms with Gasteiger partial charge in [-0.25, -0.2) is 9.78 Å². The summed E-state index contributed by atoms with van der Waals surface area (Å²) in [4.78, 5) is 24.0. The molecule has 2 aromatic heterocycles. The summed E-state index contributed by atoms with van der Waals surface area (Å²) in [7, 11) is 2.99. The fourth-order valence-corrected chi connectivity index (χ4v) is 2.90. The minimum Gasteiger partial charge on any atom is -0.494 e. The Bertz CT molecular complexity index is 1110. The molecule has 0 radical (unpaired) electrons. The lowest BCUT2D eigenvalue weighted by atomic mass is 10.1. The van der Waals surface area contributed by atoms with Crippen molar-refractivity contribution >= 4 is 52.7 Å². The Balaban J connectivity index is 0.00000131. The maximum absolute atomic E-state index is 11.7. The number of benzene rings is 2. The number of methoxy groups -OCH3 is 2. The fraction of sp³-hybridized carbons (Fsp3) is 0.105. The van der Waals surface area contributed by atoms with E-state index in [1.165, 1.54) is 7.11 Å². The maximum atomic E-state index is 11.7. The van der Waals surface area contributed by atoms with E-state index in [0.717, 1.165) is 27.5 Å². The average molecular weight is 406 g/mol. The second kappa shape index (κ2) is 8.24. The summed E-state index contributed by atoms with van der Waals surface area (Å²) in [6, 6.07) is 12.9. The van der Waals surface area contributed by atoms with E-state index in [1.807, 2.05) is 24.3 Å². The zero-order chi connectivity index (χ0) is 17.4. The van der Waals surface area contributed by atoms with E-state index in [1.54, 1.807) is 31.5 Å². The van der Waals surface area contributed by atoms with E-state index in [-0.39, 0.29) is 30.8 Å². The molecular formula is C19H17Cl2N3O3. The summed E-state index contributed by atoms with van der Waals surface area (Å²) in [6.07, 6.45) is 1.73. The highest BCUT2D eigenvalue weighted by Crippen LogP contribution is 2.32. The molecule has 6 nitrogen and oxygen atoms in total. The average Bonchev–Trinajstić information content (AvgIpc) is 3.09. The number of carbonyl (C=O) groups is 1. The number of nitrogens with one attached hydrogen (secondary N) is 1. The fourth-order valence-electron chi connectivity index (χ4n) is 2.90. The van der Waals surface area contributed by atoms with Crippen molar-refractivity contribution < 1.29 is 14.3 Å². The molecule has 0 bridgehead atoms. The minimum absolute atomic E-state index is 0. The van der Waals surface area contributed by atoms with Crippen molar-refractivity contribution in [3.05, 3.63) is 54.2 Å². The van der Waals surface area contributed by atoms with Gasteiger partial charge in [0.15, 0.2) is 0 Å². The number of aromatic nitrogens is 3. The van der Waals surface area contributed by atoms with Crippen molar-refractivity contribution in [3.63, 3.8) is 0 Å². The van der Waals surface area contributed by atoms with Crippen LogP contribution >= 0.6 is 24.8 Å². The standard InChI is InChI=1S/C19H15N3O3.2ClH/c1-24-16-8-6-13(12-4-3-9-20-17(12)16)18-21-14-7-5-11(19(23)25-2)10-15(14)22-18;;/h3-10H,1-2H3,(H,21,22);2*1H. The van der Waals surface area contributed by atoms with Gasteiger partial charge in [-0.1, -0.05) is 6.07 Å². The van der Waals surface area contributed by atoms with Crippen LogP contribution in [0.3, 0.4) is 0 Å². The lowest BCUT2D eigenvalue weighted by molar-refractivity contribution is 0.0601. The smallest absolute Gasteiger partial charge is 0.337 e. The second-order valence-electron chi connectivity index (χ2n) is 5.52. The van der Waals surface area contributed by atoms with Crippen molar-refractivity contribution in [2.75, 3.05) is 14.2 Å². The number of carbonyl (C=O) groups excluding carboxylic acids is 1. The molecule has 0 spiro atoms. The van der Waals surface area contributed by atoms with Crippen LogP contribution in [0.4, 0.5) is 0 Å². The van der Waals surface area contributed by atoms with Crippen LogP contribution < -0.4 is 4.74 Å². The van der Waals surface area contributed by atoms with Gasteiger partial charge in [-0.2, -0.15) is 0 Å². The quantitative estimate of drug-likeness (QED) is 0.510. The first kappa shape index (κ1) is 20.5. The summed E-state index contributed by atoms with van der Waals surface area (Å²) in [5.74, 6) is 1.04. The highest BCUT2D eigenvalue weighted by atomic mass is 35.5. The Kier molecular flexibility index (Phi) is 6.25. The van der Waals surface area contributed by atoms with E-state index in [9.17, 15) is 4.79 Å². The highest BCUT2D eigenvalue weighted by molar-refractivity contribution is 5.98. The number of H-pyrrole nitrogens is 1. The normalized spacial score (nSPS) is 10.1. The summed E-state index contributed by atoms with van der Waals surface area (Å²) in [5, 5.41) is 0.939. The van der Waals surface area contributed by atoms with Gasteiger partial charge in [-0.15, -0.1) is 24.8 Å². The monoisotopic (exact) mass is 405 g/mol. The molecule has 8 heteroatoms. The number of halogens is 2. The van der Waals surface area contributed by atoms with E-state index in [2.05, 4.69) is 15.0 Å². The first-order chi connectivity index (χ1) is 12.2. The molecule has 4 rings (SSSR count). The van der Waals surface area contributed by atoms with Crippen molar-refractivity contribution in [2.24, 2.45) is 0 Å². The van der Waals surface area contributed by atoms with Crippen molar-refractivity contribution in [2.45, 2.75) is 0 Å². The number of pyridine rings is 1. The summed E-state index contributed by atoms with van der Waals surface area (Å²) >= 11 is 0. The highest BCUT2D eigenvalue weighted by Gasteiger charge is 2.14. The number of ether oxygens (including phenoxy) is 2. The molecule has 0 aliphatic carbocycles. The third-order valence-electron chi connectivity index (χ3n) is 4.11. The van der Waals surface area contributed by atoms with Crippen LogP contribution in [-0.4, -0.2) is 35.1 Å². The topological polar surface area (TPSA) is 77.1 Å². The first-order valence-corrected chi connectivity index (χ1v) is 7.71. The van der Waals surface area contributed by atoms with E-state index in [0.29, 0.717) is 17.1 Å². The predicted molar refractivity (Wildman–Crippen MR) is 109 cm³/mol. The summed E-state index contributed by atoms with van der Waals surface area (Å²) in [6.45, 7) is 0. The Morgan fingerprint density at radius 2 is 1.89 bits per heavy atom. The number of esters is 1. The van der Waals surface area contributed by atoms with Gasteiger partial charge in [0.05, 0.1) is 30.8 Å². The third kappa shape index (κ3) is 3.54. The molecular weight excluding hydrogens is 389 g/mol. The molecule has 2 heterocycles. The molecule has 0 unspecified atom stereocenters. The number of imidazole rings is 1. The minimum atomic E-state index is -0.378. The molecule has 27 heavy (non-hydrogen) atoms. The SMILES string of the molecule is COC(=O)c1ccc2nc(-c3ccc(OC)c4ncccc34)[nH]c2c1.Cl.Cl. The molecule has 1 N–H and O–H groups in total. The molecule has 0 amide bonds. The van der Waals surface area contributed by atoms with Crippen LogP contribution in [0, 0.1) is 0 Å². The molecule has 0 saturated carbocycles. The zero-order valence-electron chi connectivity index (χ0n) is 14.6. The summed E-state index contributed by atoms with van der Waals surface area (Å²) in [5.41, 5.74) is 3.71. The molecule has 0 atom stereocenters. The van der Waals surface area contributed by atoms with Crippen LogP contribution in [0.1, 0.15) is 10.4 Å². The number of aromatic amines is 1. The van der Waals surface area contributed by atoms with Gasteiger partial charge in [-0.05, 0) is 36.4 Å². The zero-order valence-corrected chi connectivity index (χ0v) is 16.2. The molecule has 0 aliphatic heterocycles. The predicted octanol–water partition coefficient (Wildman–Crippen LogP) is 4.42. The Morgan fingerprint density at radius 1 is 1.07 bits per heavy atom. The second-order valence-corrected chi connectivity index (χ2v) is 5.52. The molecule has 0 saturated heterocycles. The number of nitrogens with zero attached hydrogens (tertiary/aromatic N) is 2. The lowest BCUT2D eigenvalue weighted by Crippen LogP contribution is -2.00. The first-order valence-electron chi connectivity index (χ1n) is 7.71. The van der Waals surface area contributed by atoms with Crippen LogP contribution in [0.15, 0.2) is 48.7 Å². The Morgan fingerprint density at radius 3 is 2.63 bits per heavy atom. The van der Waals surface area contributed by atoms with Crippen molar-refractivity contribution in [3.8, 4) is 17.1 Å². The Hall–Kier alpha value is -2.83.